The number of aliphatic hydroxyl groups is 1. The Labute approximate surface area is 125 Å². The van der Waals surface area contributed by atoms with Crippen LogP contribution in [0.5, 0.6) is 0 Å². The van der Waals surface area contributed by atoms with Gasteiger partial charge in [-0.1, -0.05) is 24.6 Å². The Morgan fingerprint density at radius 2 is 1.90 bits per heavy atom. The van der Waals surface area contributed by atoms with Crippen molar-refractivity contribution in [2.75, 3.05) is 0 Å². The van der Waals surface area contributed by atoms with Crippen molar-refractivity contribution in [2.45, 2.75) is 58.5 Å². The SMILES string of the molecule is CCc1cc(C)cc(C)c1C1=C(O)C2(CCCC2)OC1=O. The maximum Gasteiger partial charge on any atom is 0.343 e. The molecule has 1 N–H and O–H groups in total. The quantitative estimate of drug-likeness (QED) is 0.836. The molecule has 0 unspecified atom stereocenters. The van der Waals surface area contributed by atoms with Crippen LogP contribution in [0.2, 0.25) is 0 Å². The van der Waals surface area contributed by atoms with E-state index < -0.39 is 5.60 Å². The van der Waals surface area contributed by atoms with Gasteiger partial charge in [0.05, 0.1) is 0 Å². The lowest BCUT2D eigenvalue weighted by molar-refractivity contribution is -0.146. The van der Waals surface area contributed by atoms with Crippen molar-refractivity contribution in [2.24, 2.45) is 0 Å². The van der Waals surface area contributed by atoms with E-state index in [1.165, 1.54) is 5.56 Å². The maximum atomic E-state index is 12.4. The third kappa shape index (κ3) is 2.06. The number of esters is 1. The van der Waals surface area contributed by atoms with E-state index in [1.54, 1.807) is 0 Å². The average Bonchev–Trinajstić information content (AvgIpc) is 2.98. The van der Waals surface area contributed by atoms with E-state index in [0.717, 1.165) is 48.8 Å². The van der Waals surface area contributed by atoms with Gasteiger partial charge in [-0.05, 0) is 62.6 Å². The first-order chi connectivity index (χ1) is 9.98. The predicted molar refractivity (Wildman–Crippen MR) is 82.1 cm³/mol. The molecule has 0 bridgehead atoms. The van der Waals surface area contributed by atoms with E-state index in [2.05, 4.69) is 26.0 Å². The van der Waals surface area contributed by atoms with Crippen molar-refractivity contribution >= 4 is 11.5 Å². The van der Waals surface area contributed by atoms with Gasteiger partial charge in [0.2, 0.25) is 0 Å². The Bertz CT molecular complexity index is 634. The van der Waals surface area contributed by atoms with Gasteiger partial charge >= 0.3 is 5.97 Å². The molecule has 3 rings (SSSR count). The Kier molecular flexibility index (Phi) is 3.31. The van der Waals surface area contributed by atoms with Crippen LogP contribution in [0, 0.1) is 13.8 Å². The van der Waals surface area contributed by atoms with Crippen LogP contribution in [0.15, 0.2) is 17.9 Å². The summed E-state index contributed by atoms with van der Waals surface area (Å²) in [6.45, 7) is 6.12. The molecule has 0 saturated heterocycles. The maximum absolute atomic E-state index is 12.4. The summed E-state index contributed by atoms with van der Waals surface area (Å²) in [6.07, 6.45) is 4.30. The molecule has 2 aliphatic rings. The van der Waals surface area contributed by atoms with Crippen molar-refractivity contribution in [1.29, 1.82) is 0 Å². The minimum absolute atomic E-state index is 0.159. The van der Waals surface area contributed by atoms with Crippen LogP contribution in [0.1, 0.15) is 54.9 Å². The van der Waals surface area contributed by atoms with Crippen LogP contribution in [0.25, 0.3) is 5.57 Å². The molecule has 1 aliphatic heterocycles. The second-order valence-corrected chi connectivity index (χ2v) is 6.28. The topological polar surface area (TPSA) is 46.5 Å². The summed E-state index contributed by atoms with van der Waals surface area (Å²) in [6, 6.07) is 4.15. The highest BCUT2D eigenvalue weighted by Crippen LogP contribution is 2.47. The normalized spacial score (nSPS) is 20.4. The van der Waals surface area contributed by atoms with Crippen LogP contribution in [-0.2, 0) is 16.0 Å². The zero-order valence-corrected chi connectivity index (χ0v) is 13.0. The lowest BCUT2D eigenvalue weighted by Gasteiger charge is -2.21. The van der Waals surface area contributed by atoms with Crippen LogP contribution < -0.4 is 0 Å². The predicted octanol–water partition coefficient (Wildman–Crippen LogP) is 4.00. The van der Waals surface area contributed by atoms with Crippen molar-refractivity contribution in [1.82, 2.24) is 0 Å². The molecule has 1 aliphatic carbocycles. The summed E-state index contributed by atoms with van der Waals surface area (Å²) in [4.78, 5) is 12.4. The fraction of sp³-hybridized carbons (Fsp3) is 0.500. The van der Waals surface area contributed by atoms with E-state index in [9.17, 15) is 9.90 Å². The number of benzene rings is 1. The van der Waals surface area contributed by atoms with Gasteiger partial charge in [-0.3, -0.25) is 0 Å². The molecule has 21 heavy (non-hydrogen) atoms. The molecule has 0 amide bonds. The highest BCUT2D eigenvalue weighted by Gasteiger charge is 2.50. The van der Waals surface area contributed by atoms with Gasteiger partial charge in [0, 0.05) is 0 Å². The first kappa shape index (κ1) is 14.2. The van der Waals surface area contributed by atoms with Crippen molar-refractivity contribution in [3.8, 4) is 0 Å². The van der Waals surface area contributed by atoms with E-state index >= 15 is 0 Å². The van der Waals surface area contributed by atoms with Crippen LogP contribution in [0.3, 0.4) is 0 Å². The summed E-state index contributed by atoms with van der Waals surface area (Å²) in [5.74, 6) is -0.206. The van der Waals surface area contributed by atoms with Crippen molar-refractivity contribution in [3.05, 3.63) is 40.1 Å². The number of rotatable bonds is 2. The van der Waals surface area contributed by atoms with Gasteiger partial charge in [-0.15, -0.1) is 0 Å². The summed E-state index contributed by atoms with van der Waals surface area (Å²) in [5.41, 5.74) is 3.83. The standard InChI is InChI=1S/C18H22O3/c1-4-13-10-11(2)9-12(3)14(13)15-16(19)18(21-17(15)20)7-5-6-8-18/h9-10,19H,4-8H2,1-3H3. The monoisotopic (exact) mass is 286 g/mol. The van der Waals surface area contributed by atoms with Crippen LogP contribution in [0.4, 0.5) is 0 Å². The van der Waals surface area contributed by atoms with Gasteiger partial charge in [0.1, 0.15) is 5.57 Å². The van der Waals surface area contributed by atoms with Gasteiger partial charge in [-0.2, -0.15) is 0 Å². The van der Waals surface area contributed by atoms with Gasteiger partial charge in [0.25, 0.3) is 0 Å². The molecule has 112 valence electrons. The lowest BCUT2D eigenvalue weighted by atomic mass is 9.89. The highest BCUT2D eigenvalue weighted by molar-refractivity contribution is 6.20. The molecule has 0 atom stereocenters. The van der Waals surface area contributed by atoms with E-state index in [1.807, 2.05) is 6.92 Å². The summed E-state index contributed by atoms with van der Waals surface area (Å²) in [5, 5.41) is 10.7. The Balaban J connectivity index is 2.20. The molecule has 1 aromatic rings. The molecular formula is C18H22O3. The Hall–Kier alpha value is -1.77. The molecule has 3 heteroatoms. The first-order valence-electron chi connectivity index (χ1n) is 7.76. The van der Waals surface area contributed by atoms with E-state index in [4.69, 9.17) is 4.74 Å². The summed E-state index contributed by atoms with van der Waals surface area (Å²) < 4.78 is 5.61. The third-order valence-electron chi connectivity index (χ3n) is 4.76. The largest absolute Gasteiger partial charge is 0.507 e. The first-order valence-corrected chi connectivity index (χ1v) is 7.76. The van der Waals surface area contributed by atoms with Gasteiger partial charge in [-0.25, -0.2) is 4.79 Å². The molecule has 1 spiro atoms. The molecule has 1 aromatic carbocycles. The minimum Gasteiger partial charge on any atom is -0.507 e. The number of hydrogen-bond acceptors (Lipinski definition) is 3. The summed E-state index contributed by atoms with van der Waals surface area (Å²) >= 11 is 0. The van der Waals surface area contributed by atoms with Crippen LogP contribution >= 0.6 is 0 Å². The number of ether oxygens (including phenoxy) is 1. The fourth-order valence-electron chi connectivity index (χ4n) is 3.80. The second-order valence-electron chi connectivity index (χ2n) is 6.28. The number of carbonyl (C=O) groups excluding carboxylic acids is 1. The Morgan fingerprint density at radius 3 is 2.52 bits per heavy atom. The van der Waals surface area contributed by atoms with Crippen molar-refractivity contribution < 1.29 is 14.6 Å². The van der Waals surface area contributed by atoms with Gasteiger partial charge in [0.15, 0.2) is 11.4 Å². The second kappa shape index (κ2) is 4.90. The third-order valence-corrected chi connectivity index (χ3v) is 4.76. The van der Waals surface area contributed by atoms with E-state index in [-0.39, 0.29) is 11.7 Å². The molecule has 0 aromatic heterocycles. The Morgan fingerprint density at radius 1 is 1.24 bits per heavy atom. The number of carbonyl (C=O) groups is 1. The fourth-order valence-corrected chi connectivity index (χ4v) is 3.80. The highest BCUT2D eigenvalue weighted by atomic mass is 16.6. The van der Waals surface area contributed by atoms with Crippen LogP contribution in [-0.4, -0.2) is 16.7 Å². The molecular weight excluding hydrogens is 264 g/mol. The molecule has 1 fully saturated rings. The lowest BCUT2D eigenvalue weighted by Crippen LogP contribution is -2.27. The zero-order chi connectivity index (χ0) is 15.2. The average molecular weight is 286 g/mol. The zero-order valence-electron chi connectivity index (χ0n) is 13.0. The molecule has 0 radical (unpaired) electrons. The van der Waals surface area contributed by atoms with Gasteiger partial charge < -0.3 is 9.84 Å². The molecule has 1 saturated carbocycles. The molecule has 3 nitrogen and oxygen atoms in total. The molecule has 1 heterocycles. The van der Waals surface area contributed by atoms with E-state index in [0.29, 0.717) is 5.57 Å². The smallest absolute Gasteiger partial charge is 0.343 e. The summed E-state index contributed by atoms with van der Waals surface area (Å²) in [7, 11) is 0. The number of hydrogen-bond donors (Lipinski definition) is 1. The number of aryl methyl sites for hydroxylation is 3. The number of aliphatic hydroxyl groups excluding tert-OH is 1. The van der Waals surface area contributed by atoms with Crippen molar-refractivity contribution in [3.63, 3.8) is 0 Å². The minimum atomic E-state index is -0.741.